The number of hydrogen-bond donors (Lipinski definition) is 0. The minimum absolute atomic E-state index is 0.131. The van der Waals surface area contributed by atoms with Crippen molar-refractivity contribution < 1.29 is 4.79 Å². The number of hydrogen-bond acceptors (Lipinski definition) is 1. The maximum atomic E-state index is 12.6. The maximum Gasteiger partial charge on any atom is 0.254 e. The highest BCUT2D eigenvalue weighted by Crippen LogP contribution is 2.28. The smallest absolute Gasteiger partial charge is 0.254 e. The van der Waals surface area contributed by atoms with E-state index in [2.05, 4.69) is 22.9 Å². The molecule has 2 atom stereocenters. The molecule has 0 spiro atoms. The van der Waals surface area contributed by atoms with Crippen molar-refractivity contribution in [1.29, 1.82) is 0 Å². The minimum atomic E-state index is 0.131. The zero-order valence-electron chi connectivity index (χ0n) is 11.9. The second-order valence-electron chi connectivity index (χ2n) is 5.82. The number of aryl methyl sites for hydroxylation is 1. The summed E-state index contributed by atoms with van der Waals surface area (Å²) in [4.78, 5) is 14.5. The standard InChI is InChI=1S/C16H22BrNO/c1-11-5-4-6-13(9-11)18(3)16(19)14-8-7-12(2)10-15(14)17/h7-8,10-11,13H,4-6,9H2,1-3H3. The largest absolute Gasteiger partial charge is 0.339 e. The molecule has 104 valence electrons. The molecule has 1 aromatic rings. The van der Waals surface area contributed by atoms with Crippen LogP contribution < -0.4 is 0 Å². The Hall–Kier alpha value is -0.830. The van der Waals surface area contributed by atoms with E-state index in [0.29, 0.717) is 6.04 Å². The highest BCUT2D eigenvalue weighted by atomic mass is 79.9. The van der Waals surface area contributed by atoms with Crippen LogP contribution in [0, 0.1) is 12.8 Å². The molecule has 2 rings (SSSR count). The Morgan fingerprint density at radius 3 is 2.74 bits per heavy atom. The molecule has 1 saturated carbocycles. The summed E-state index contributed by atoms with van der Waals surface area (Å²) in [6.45, 7) is 4.32. The van der Waals surface area contributed by atoms with Crippen molar-refractivity contribution in [3.05, 3.63) is 33.8 Å². The number of nitrogens with zero attached hydrogens (tertiary/aromatic N) is 1. The van der Waals surface area contributed by atoms with E-state index in [0.717, 1.165) is 34.4 Å². The van der Waals surface area contributed by atoms with Gasteiger partial charge in [-0.2, -0.15) is 0 Å². The molecule has 0 aromatic heterocycles. The van der Waals surface area contributed by atoms with E-state index in [1.165, 1.54) is 12.8 Å². The van der Waals surface area contributed by atoms with Gasteiger partial charge in [0.1, 0.15) is 0 Å². The van der Waals surface area contributed by atoms with Crippen molar-refractivity contribution >= 4 is 21.8 Å². The quantitative estimate of drug-likeness (QED) is 0.789. The molecule has 0 N–H and O–H groups in total. The first-order valence-electron chi connectivity index (χ1n) is 7.02. The summed E-state index contributed by atoms with van der Waals surface area (Å²) in [7, 11) is 1.94. The molecule has 1 fully saturated rings. The van der Waals surface area contributed by atoms with E-state index in [1.807, 2.05) is 37.1 Å². The van der Waals surface area contributed by atoms with Gasteiger partial charge < -0.3 is 4.90 Å². The predicted molar refractivity (Wildman–Crippen MR) is 82.4 cm³/mol. The van der Waals surface area contributed by atoms with Crippen LogP contribution in [0.1, 0.15) is 48.5 Å². The molecule has 1 aromatic carbocycles. The third-order valence-corrected chi connectivity index (χ3v) is 4.79. The first-order valence-corrected chi connectivity index (χ1v) is 7.81. The number of amides is 1. The Kier molecular flexibility index (Phi) is 4.67. The molecule has 0 bridgehead atoms. The molecular formula is C16H22BrNO. The Bertz CT molecular complexity index is 472. The van der Waals surface area contributed by atoms with Crippen LogP contribution in [0.25, 0.3) is 0 Å². The molecule has 19 heavy (non-hydrogen) atoms. The summed E-state index contributed by atoms with van der Waals surface area (Å²) in [5.41, 5.74) is 1.93. The first kappa shape index (κ1) is 14.6. The SMILES string of the molecule is Cc1ccc(C(=O)N(C)C2CCCC(C)C2)c(Br)c1. The molecule has 2 nitrogen and oxygen atoms in total. The molecule has 1 amide bonds. The van der Waals surface area contributed by atoms with Gasteiger partial charge in [0.05, 0.1) is 5.56 Å². The predicted octanol–water partition coefficient (Wildman–Crippen LogP) is 4.41. The summed E-state index contributed by atoms with van der Waals surface area (Å²) < 4.78 is 0.896. The van der Waals surface area contributed by atoms with Gasteiger partial charge >= 0.3 is 0 Å². The zero-order valence-corrected chi connectivity index (χ0v) is 13.5. The second kappa shape index (κ2) is 6.08. The monoisotopic (exact) mass is 323 g/mol. The number of benzene rings is 1. The molecule has 1 aliphatic rings. The minimum Gasteiger partial charge on any atom is -0.339 e. The molecule has 0 radical (unpaired) electrons. The lowest BCUT2D eigenvalue weighted by atomic mass is 9.86. The molecule has 0 saturated heterocycles. The summed E-state index contributed by atoms with van der Waals surface area (Å²) in [6.07, 6.45) is 4.80. The third kappa shape index (κ3) is 3.38. The van der Waals surface area contributed by atoms with Gasteiger partial charge in [-0.3, -0.25) is 4.79 Å². The van der Waals surface area contributed by atoms with E-state index >= 15 is 0 Å². The lowest BCUT2D eigenvalue weighted by Gasteiger charge is -2.34. The van der Waals surface area contributed by atoms with Gasteiger partial charge in [-0.15, -0.1) is 0 Å². The van der Waals surface area contributed by atoms with Crippen LogP contribution in [0.5, 0.6) is 0 Å². The van der Waals surface area contributed by atoms with Gasteiger partial charge in [0.2, 0.25) is 0 Å². The van der Waals surface area contributed by atoms with Crippen molar-refractivity contribution in [2.24, 2.45) is 5.92 Å². The van der Waals surface area contributed by atoms with E-state index in [1.54, 1.807) is 0 Å². The topological polar surface area (TPSA) is 20.3 Å². The highest BCUT2D eigenvalue weighted by molar-refractivity contribution is 9.10. The number of carbonyl (C=O) groups excluding carboxylic acids is 1. The van der Waals surface area contributed by atoms with Crippen LogP contribution in [-0.4, -0.2) is 23.9 Å². The van der Waals surface area contributed by atoms with Crippen molar-refractivity contribution in [2.75, 3.05) is 7.05 Å². The zero-order chi connectivity index (χ0) is 14.0. The van der Waals surface area contributed by atoms with Crippen LogP contribution >= 0.6 is 15.9 Å². The molecule has 1 aliphatic carbocycles. The van der Waals surface area contributed by atoms with Gasteiger partial charge in [0.25, 0.3) is 5.91 Å². The average molecular weight is 324 g/mol. The lowest BCUT2D eigenvalue weighted by molar-refractivity contribution is 0.0671. The highest BCUT2D eigenvalue weighted by Gasteiger charge is 2.26. The fraction of sp³-hybridized carbons (Fsp3) is 0.562. The Morgan fingerprint density at radius 2 is 2.11 bits per heavy atom. The normalized spacial score (nSPS) is 23.2. The van der Waals surface area contributed by atoms with Gasteiger partial charge in [0, 0.05) is 17.6 Å². The summed E-state index contributed by atoms with van der Waals surface area (Å²) in [6, 6.07) is 6.31. The van der Waals surface area contributed by atoms with Gasteiger partial charge in [-0.1, -0.05) is 25.8 Å². The number of halogens is 1. The van der Waals surface area contributed by atoms with Crippen molar-refractivity contribution in [3.8, 4) is 0 Å². The molecular weight excluding hydrogens is 302 g/mol. The van der Waals surface area contributed by atoms with E-state index in [4.69, 9.17) is 0 Å². The van der Waals surface area contributed by atoms with Crippen molar-refractivity contribution in [2.45, 2.75) is 45.6 Å². The summed E-state index contributed by atoms with van der Waals surface area (Å²) in [5.74, 6) is 0.862. The van der Waals surface area contributed by atoms with Gasteiger partial charge in [0.15, 0.2) is 0 Å². The fourth-order valence-electron chi connectivity index (χ4n) is 2.90. The summed E-state index contributed by atoms with van der Waals surface area (Å²) in [5, 5.41) is 0. The fourth-order valence-corrected chi connectivity index (χ4v) is 3.57. The van der Waals surface area contributed by atoms with Crippen LogP contribution in [0.15, 0.2) is 22.7 Å². The average Bonchev–Trinajstić information content (AvgIpc) is 2.37. The van der Waals surface area contributed by atoms with Gasteiger partial charge in [-0.25, -0.2) is 0 Å². The van der Waals surface area contributed by atoms with Crippen LogP contribution in [0.3, 0.4) is 0 Å². The van der Waals surface area contributed by atoms with Crippen LogP contribution in [0.2, 0.25) is 0 Å². The number of carbonyl (C=O) groups is 1. The first-order chi connectivity index (χ1) is 8.99. The van der Waals surface area contributed by atoms with Crippen molar-refractivity contribution in [1.82, 2.24) is 4.90 Å². The second-order valence-corrected chi connectivity index (χ2v) is 6.68. The maximum absolute atomic E-state index is 12.6. The van der Waals surface area contributed by atoms with E-state index in [-0.39, 0.29) is 5.91 Å². The molecule has 2 unspecified atom stereocenters. The Morgan fingerprint density at radius 1 is 1.37 bits per heavy atom. The van der Waals surface area contributed by atoms with Crippen LogP contribution in [0.4, 0.5) is 0 Å². The number of rotatable bonds is 2. The molecule has 3 heteroatoms. The summed E-state index contributed by atoms with van der Waals surface area (Å²) >= 11 is 3.50. The third-order valence-electron chi connectivity index (χ3n) is 4.13. The van der Waals surface area contributed by atoms with Crippen molar-refractivity contribution in [3.63, 3.8) is 0 Å². The Labute approximate surface area is 124 Å². The van der Waals surface area contributed by atoms with E-state index < -0.39 is 0 Å². The lowest BCUT2D eigenvalue weighted by Crippen LogP contribution is -2.39. The van der Waals surface area contributed by atoms with Crippen LogP contribution in [-0.2, 0) is 0 Å². The molecule has 0 aliphatic heterocycles. The van der Waals surface area contributed by atoms with Gasteiger partial charge in [-0.05, 0) is 59.3 Å². The Balaban J connectivity index is 2.14. The molecule has 0 heterocycles. The van der Waals surface area contributed by atoms with E-state index in [9.17, 15) is 4.79 Å².